The standard InChI is InChI=1S/C18H15FN8O2/c19-11-5-1-4-10-12(17-24-15(20)13(16(21)25-17)23-18(28)29)26-27(14(10)11)8-9-3-2-6-22-7-9/h1-7,23H,8H2,(H,28,29)(H4,20,21,24,25). The fraction of sp³-hybridized carbons (Fsp3) is 0.0556. The van der Waals surface area contributed by atoms with E-state index in [2.05, 4.69) is 25.4 Å². The van der Waals surface area contributed by atoms with Crippen molar-refractivity contribution in [2.45, 2.75) is 6.54 Å². The van der Waals surface area contributed by atoms with Crippen LogP contribution in [0, 0.1) is 5.82 Å². The largest absolute Gasteiger partial charge is 0.465 e. The number of pyridine rings is 1. The van der Waals surface area contributed by atoms with Crippen molar-refractivity contribution in [2.75, 3.05) is 16.8 Å². The predicted molar refractivity (Wildman–Crippen MR) is 105 cm³/mol. The summed E-state index contributed by atoms with van der Waals surface area (Å²) in [5.41, 5.74) is 12.9. The number of hydrogen-bond donors (Lipinski definition) is 4. The first-order valence-electron chi connectivity index (χ1n) is 8.41. The Kier molecular flexibility index (Phi) is 4.39. The minimum Gasteiger partial charge on any atom is -0.465 e. The lowest BCUT2D eigenvalue weighted by Crippen LogP contribution is -2.14. The lowest BCUT2D eigenvalue weighted by molar-refractivity contribution is 0.209. The van der Waals surface area contributed by atoms with Crippen LogP contribution in [-0.2, 0) is 6.54 Å². The number of para-hydroxylation sites is 1. The van der Waals surface area contributed by atoms with E-state index in [-0.39, 0.29) is 40.9 Å². The number of nitrogens with zero attached hydrogens (tertiary/aromatic N) is 5. The monoisotopic (exact) mass is 394 g/mol. The van der Waals surface area contributed by atoms with Gasteiger partial charge in [-0.2, -0.15) is 5.10 Å². The molecule has 0 fully saturated rings. The molecule has 0 spiro atoms. The molecule has 3 heterocycles. The average molecular weight is 394 g/mol. The summed E-state index contributed by atoms with van der Waals surface area (Å²) in [5, 5.41) is 15.9. The van der Waals surface area contributed by atoms with Crippen LogP contribution >= 0.6 is 0 Å². The van der Waals surface area contributed by atoms with Crippen LogP contribution in [0.1, 0.15) is 5.56 Å². The molecule has 10 nitrogen and oxygen atoms in total. The van der Waals surface area contributed by atoms with Crippen molar-refractivity contribution in [3.63, 3.8) is 0 Å². The number of aromatic nitrogens is 5. The first-order valence-corrected chi connectivity index (χ1v) is 8.41. The van der Waals surface area contributed by atoms with E-state index in [1.165, 1.54) is 10.7 Å². The zero-order valence-electron chi connectivity index (χ0n) is 14.9. The van der Waals surface area contributed by atoms with Crippen molar-refractivity contribution in [2.24, 2.45) is 0 Å². The molecule has 0 unspecified atom stereocenters. The topological polar surface area (TPSA) is 158 Å². The molecule has 0 radical (unpaired) electrons. The molecule has 0 saturated carbocycles. The van der Waals surface area contributed by atoms with Gasteiger partial charge in [0, 0.05) is 17.8 Å². The van der Waals surface area contributed by atoms with Gasteiger partial charge in [-0.1, -0.05) is 18.2 Å². The van der Waals surface area contributed by atoms with Gasteiger partial charge in [-0.15, -0.1) is 0 Å². The molecule has 0 aliphatic carbocycles. The number of hydrogen-bond acceptors (Lipinski definition) is 7. The van der Waals surface area contributed by atoms with Gasteiger partial charge in [0.15, 0.2) is 17.5 Å². The number of carboxylic acid groups (broad SMARTS) is 1. The van der Waals surface area contributed by atoms with E-state index in [4.69, 9.17) is 16.6 Å². The highest BCUT2D eigenvalue weighted by Gasteiger charge is 2.20. The van der Waals surface area contributed by atoms with Gasteiger partial charge >= 0.3 is 6.09 Å². The molecular weight excluding hydrogens is 379 g/mol. The summed E-state index contributed by atoms with van der Waals surface area (Å²) in [6.45, 7) is 0.273. The Labute approximate surface area is 163 Å². The normalized spacial score (nSPS) is 10.9. The number of nitrogens with one attached hydrogen (secondary N) is 1. The molecule has 0 saturated heterocycles. The lowest BCUT2D eigenvalue weighted by atomic mass is 10.2. The first kappa shape index (κ1) is 18.1. The predicted octanol–water partition coefficient (Wildman–Crippen LogP) is 2.33. The Bertz CT molecular complexity index is 1200. The molecular formula is C18H15FN8O2. The second-order valence-corrected chi connectivity index (χ2v) is 6.13. The molecule has 1 amide bonds. The SMILES string of the molecule is Nc1nc(-c2nn(Cc3cccnc3)c3c(F)cccc23)nc(N)c1NC(=O)O. The number of anilines is 3. The van der Waals surface area contributed by atoms with Crippen LogP contribution in [0.15, 0.2) is 42.7 Å². The van der Waals surface area contributed by atoms with Crippen molar-refractivity contribution >= 4 is 34.3 Å². The molecule has 4 rings (SSSR count). The number of fused-ring (bicyclic) bond motifs is 1. The van der Waals surface area contributed by atoms with E-state index in [0.29, 0.717) is 5.39 Å². The minimum atomic E-state index is -1.35. The lowest BCUT2D eigenvalue weighted by Gasteiger charge is -2.08. The van der Waals surface area contributed by atoms with E-state index < -0.39 is 11.9 Å². The molecule has 146 valence electrons. The highest BCUT2D eigenvalue weighted by molar-refractivity contribution is 5.95. The Morgan fingerprint density at radius 2 is 1.93 bits per heavy atom. The molecule has 3 aromatic heterocycles. The van der Waals surface area contributed by atoms with E-state index in [1.54, 1.807) is 30.6 Å². The second kappa shape index (κ2) is 7.03. The van der Waals surface area contributed by atoms with E-state index in [9.17, 15) is 9.18 Å². The number of nitrogens with two attached hydrogens (primary N) is 2. The molecule has 11 heteroatoms. The maximum atomic E-state index is 14.6. The Morgan fingerprint density at radius 3 is 2.59 bits per heavy atom. The highest BCUT2D eigenvalue weighted by Crippen LogP contribution is 2.31. The second-order valence-electron chi connectivity index (χ2n) is 6.13. The fourth-order valence-electron chi connectivity index (χ4n) is 2.97. The molecule has 4 aromatic rings. The number of benzene rings is 1. The van der Waals surface area contributed by atoms with E-state index >= 15 is 0 Å². The summed E-state index contributed by atoms with van der Waals surface area (Å²) >= 11 is 0. The van der Waals surface area contributed by atoms with Crippen molar-refractivity contribution in [1.29, 1.82) is 0 Å². The first-order chi connectivity index (χ1) is 13.9. The summed E-state index contributed by atoms with van der Waals surface area (Å²) in [6, 6.07) is 8.18. The molecule has 0 bridgehead atoms. The van der Waals surface area contributed by atoms with Crippen LogP contribution < -0.4 is 16.8 Å². The highest BCUT2D eigenvalue weighted by atomic mass is 19.1. The van der Waals surface area contributed by atoms with Crippen LogP contribution in [0.3, 0.4) is 0 Å². The Morgan fingerprint density at radius 1 is 1.17 bits per heavy atom. The van der Waals surface area contributed by atoms with Crippen LogP contribution in [-0.4, -0.2) is 35.9 Å². The summed E-state index contributed by atoms with van der Waals surface area (Å²) in [4.78, 5) is 23.1. The molecule has 0 aliphatic rings. The third-order valence-corrected chi connectivity index (χ3v) is 4.18. The van der Waals surface area contributed by atoms with Crippen LogP contribution in [0.2, 0.25) is 0 Å². The number of nitrogen functional groups attached to an aromatic ring is 2. The van der Waals surface area contributed by atoms with Crippen molar-refractivity contribution < 1.29 is 14.3 Å². The van der Waals surface area contributed by atoms with Gasteiger partial charge in [-0.05, 0) is 17.7 Å². The number of rotatable bonds is 4. The maximum absolute atomic E-state index is 14.6. The van der Waals surface area contributed by atoms with E-state index in [1.807, 2.05) is 6.07 Å². The van der Waals surface area contributed by atoms with Crippen molar-refractivity contribution in [3.8, 4) is 11.5 Å². The van der Waals surface area contributed by atoms with Gasteiger partial charge in [0.25, 0.3) is 0 Å². The Balaban J connectivity index is 1.87. The van der Waals surface area contributed by atoms with Gasteiger partial charge in [-0.3, -0.25) is 15.0 Å². The third-order valence-electron chi connectivity index (χ3n) is 4.18. The van der Waals surface area contributed by atoms with Gasteiger partial charge in [-0.25, -0.2) is 19.2 Å². The quantitative estimate of drug-likeness (QED) is 0.410. The average Bonchev–Trinajstić information content (AvgIpc) is 3.05. The molecule has 29 heavy (non-hydrogen) atoms. The summed E-state index contributed by atoms with van der Waals surface area (Å²) in [5.74, 6) is -0.741. The zero-order chi connectivity index (χ0) is 20.5. The maximum Gasteiger partial charge on any atom is 0.409 e. The van der Waals surface area contributed by atoms with Gasteiger partial charge in [0.1, 0.15) is 22.7 Å². The summed E-state index contributed by atoms with van der Waals surface area (Å²) in [7, 11) is 0. The van der Waals surface area contributed by atoms with Crippen molar-refractivity contribution in [1.82, 2.24) is 24.7 Å². The van der Waals surface area contributed by atoms with Gasteiger partial charge < -0.3 is 16.6 Å². The number of carbonyl (C=O) groups is 1. The number of amides is 1. The van der Waals surface area contributed by atoms with Crippen molar-refractivity contribution in [3.05, 3.63) is 54.1 Å². The fourth-order valence-corrected chi connectivity index (χ4v) is 2.97. The van der Waals surface area contributed by atoms with Gasteiger partial charge in [0.05, 0.1) is 6.54 Å². The molecule has 1 aromatic carbocycles. The Hall–Kier alpha value is -4.28. The van der Waals surface area contributed by atoms with Crippen LogP contribution in [0.5, 0.6) is 0 Å². The number of halogens is 1. The summed E-state index contributed by atoms with van der Waals surface area (Å²) < 4.78 is 16.1. The smallest absolute Gasteiger partial charge is 0.409 e. The third kappa shape index (κ3) is 3.36. The van der Waals surface area contributed by atoms with E-state index in [0.717, 1.165) is 5.56 Å². The minimum absolute atomic E-state index is 0.0523. The molecule has 0 atom stereocenters. The van der Waals surface area contributed by atoms with Crippen LogP contribution in [0.25, 0.3) is 22.4 Å². The molecule has 6 N–H and O–H groups in total. The summed E-state index contributed by atoms with van der Waals surface area (Å²) in [6.07, 6.45) is 1.95. The van der Waals surface area contributed by atoms with Crippen LogP contribution in [0.4, 0.5) is 26.5 Å². The molecule has 0 aliphatic heterocycles. The zero-order valence-corrected chi connectivity index (χ0v) is 14.9. The van der Waals surface area contributed by atoms with Gasteiger partial charge in [0.2, 0.25) is 0 Å².